The smallest absolute Gasteiger partial charge is 0.330 e. The van der Waals surface area contributed by atoms with Crippen molar-refractivity contribution in [3.8, 4) is 0 Å². The summed E-state index contributed by atoms with van der Waals surface area (Å²) in [6.07, 6.45) is 2.22. The predicted octanol–water partition coefficient (Wildman–Crippen LogP) is 2.42. The third kappa shape index (κ3) is 10.3. The average Bonchev–Trinajstić information content (AvgIpc) is 2.81. The summed E-state index contributed by atoms with van der Waals surface area (Å²) in [5, 5.41) is 7.83. The summed E-state index contributed by atoms with van der Waals surface area (Å²) in [5.41, 5.74) is -1.05. The van der Waals surface area contributed by atoms with Crippen LogP contribution in [0.25, 0.3) is 5.57 Å². The molecule has 0 saturated carbocycles. The second-order valence-corrected chi connectivity index (χ2v) is 10.7. The maximum Gasteiger partial charge on any atom is 0.386 e. The van der Waals surface area contributed by atoms with Gasteiger partial charge in [-0.25, -0.2) is 14.0 Å². The molecule has 0 unspecified atom stereocenters. The highest BCUT2D eigenvalue weighted by Gasteiger charge is 2.35. The van der Waals surface area contributed by atoms with Crippen LogP contribution in [0.5, 0.6) is 0 Å². The highest BCUT2D eigenvalue weighted by atomic mass is 32.2. The standard InChI is InChI=1S/C24H30FN3O8S2/c1-3-14-24(15-4-2,27-17-18-10-12-20(25)13-11-18)28-38(33,34)36-23(30)21(19-8-6-5-7-9-19)16-22(29)35-37(26,31)32/h5-13,16,27-28H,3-4,14-15,17H2,1-2H3,(H2,26,31,32)/b21-16-. The van der Waals surface area contributed by atoms with E-state index in [2.05, 4.69) is 19.4 Å². The van der Waals surface area contributed by atoms with E-state index < -0.39 is 49.6 Å². The Morgan fingerprint density at radius 1 is 0.947 bits per heavy atom. The van der Waals surface area contributed by atoms with Crippen LogP contribution in [0.1, 0.15) is 50.7 Å². The Bertz CT molecular complexity index is 1340. The lowest BCUT2D eigenvalue weighted by Crippen LogP contribution is -2.58. The first kappa shape index (κ1) is 31.1. The van der Waals surface area contributed by atoms with E-state index in [0.29, 0.717) is 37.3 Å². The Morgan fingerprint density at radius 3 is 2.05 bits per heavy atom. The molecule has 2 aromatic rings. The van der Waals surface area contributed by atoms with Crippen LogP contribution in [0.2, 0.25) is 0 Å². The first-order valence-electron chi connectivity index (χ1n) is 11.6. The van der Waals surface area contributed by atoms with Gasteiger partial charge in [-0.2, -0.15) is 26.7 Å². The minimum atomic E-state index is -4.78. The van der Waals surface area contributed by atoms with Gasteiger partial charge in [0.15, 0.2) is 0 Å². The van der Waals surface area contributed by atoms with Gasteiger partial charge in [0, 0.05) is 12.6 Å². The lowest BCUT2D eigenvalue weighted by atomic mass is 9.99. The van der Waals surface area contributed by atoms with Gasteiger partial charge in [-0.1, -0.05) is 69.2 Å². The second-order valence-electron chi connectivity index (χ2n) is 8.31. The van der Waals surface area contributed by atoms with E-state index >= 15 is 0 Å². The number of nitrogens with one attached hydrogen (secondary N) is 2. The fourth-order valence-electron chi connectivity index (χ4n) is 3.71. The van der Waals surface area contributed by atoms with Crippen molar-refractivity contribution in [1.82, 2.24) is 10.0 Å². The summed E-state index contributed by atoms with van der Waals surface area (Å²) in [7, 11) is -9.46. The maximum atomic E-state index is 13.3. The molecule has 2 rings (SSSR count). The fourth-order valence-corrected chi connectivity index (χ4v) is 5.07. The fraction of sp³-hybridized carbons (Fsp3) is 0.333. The van der Waals surface area contributed by atoms with Crippen molar-refractivity contribution in [3.63, 3.8) is 0 Å². The molecule has 0 amide bonds. The summed E-state index contributed by atoms with van der Waals surface area (Å²) in [6, 6.07) is 13.0. The van der Waals surface area contributed by atoms with E-state index in [1.807, 2.05) is 13.8 Å². The van der Waals surface area contributed by atoms with Gasteiger partial charge in [-0.05, 0) is 36.1 Å². The van der Waals surface area contributed by atoms with Crippen LogP contribution in [0.3, 0.4) is 0 Å². The highest BCUT2D eigenvalue weighted by molar-refractivity contribution is 7.85. The molecule has 11 nitrogen and oxygen atoms in total. The number of nitrogens with two attached hydrogens (primary N) is 1. The van der Waals surface area contributed by atoms with E-state index in [0.717, 1.165) is 0 Å². The minimum absolute atomic E-state index is 0.0573. The largest absolute Gasteiger partial charge is 0.386 e. The summed E-state index contributed by atoms with van der Waals surface area (Å²) in [4.78, 5) is 24.9. The van der Waals surface area contributed by atoms with Crippen LogP contribution in [0, 0.1) is 5.82 Å². The van der Waals surface area contributed by atoms with Gasteiger partial charge in [-0.15, -0.1) is 0 Å². The minimum Gasteiger partial charge on any atom is -0.330 e. The monoisotopic (exact) mass is 571 g/mol. The molecule has 0 atom stereocenters. The molecule has 0 heterocycles. The number of carbonyl (C=O) groups excluding carboxylic acids is 2. The first-order chi connectivity index (χ1) is 17.8. The van der Waals surface area contributed by atoms with Crippen LogP contribution in [-0.2, 0) is 45.1 Å². The Hall–Kier alpha value is -3.17. The van der Waals surface area contributed by atoms with Gasteiger partial charge >= 0.3 is 32.5 Å². The number of halogens is 1. The van der Waals surface area contributed by atoms with Crippen LogP contribution >= 0.6 is 0 Å². The Labute approximate surface area is 221 Å². The van der Waals surface area contributed by atoms with Crippen molar-refractivity contribution in [2.75, 3.05) is 0 Å². The van der Waals surface area contributed by atoms with E-state index in [1.54, 1.807) is 18.2 Å². The number of carbonyl (C=O) groups is 2. The maximum absolute atomic E-state index is 13.3. The first-order valence-corrected chi connectivity index (χ1v) is 14.5. The normalized spacial score (nSPS) is 12.7. The van der Waals surface area contributed by atoms with Crippen LogP contribution in [-0.4, -0.2) is 34.4 Å². The number of rotatable bonds is 14. The quantitative estimate of drug-likeness (QED) is 0.227. The molecule has 0 radical (unpaired) electrons. The van der Waals surface area contributed by atoms with E-state index in [9.17, 15) is 30.8 Å². The van der Waals surface area contributed by atoms with Gasteiger partial charge in [-0.3, -0.25) is 5.32 Å². The summed E-state index contributed by atoms with van der Waals surface area (Å²) >= 11 is 0. The molecule has 0 bridgehead atoms. The predicted molar refractivity (Wildman–Crippen MR) is 138 cm³/mol. The Morgan fingerprint density at radius 2 is 1.53 bits per heavy atom. The van der Waals surface area contributed by atoms with Crippen molar-refractivity contribution in [2.45, 2.75) is 51.7 Å². The summed E-state index contributed by atoms with van der Waals surface area (Å²) in [6.45, 7) is 3.88. The van der Waals surface area contributed by atoms with Crippen LogP contribution < -0.4 is 15.2 Å². The van der Waals surface area contributed by atoms with Crippen molar-refractivity contribution < 1.29 is 39.2 Å². The molecule has 0 aliphatic rings. The zero-order valence-corrected chi connectivity index (χ0v) is 22.5. The van der Waals surface area contributed by atoms with Gasteiger partial charge < -0.3 is 8.37 Å². The molecule has 38 heavy (non-hydrogen) atoms. The van der Waals surface area contributed by atoms with Crippen molar-refractivity contribution in [3.05, 3.63) is 77.6 Å². The molecular formula is C24H30FN3O8S2. The van der Waals surface area contributed by atoms with Crippen molar-refractivity contribution in [2.24, 2.45) is 5.14 Å². The average molecular weight is 572 g/mol. The molecule has 0 aromatic heterocycles. The van der Waals surface area contributed by atoms with Gasteiger partial charge in [0.05, 0.1) is 11.2 Å². The number of hydrogen-bond acceptors (Lipinski definition) is 9. The second kappa shape index (κ2) is 13.6. The molecule has 0 saturated heterocycles. The van der Waals surface area contributed by atoms with E-state index in [4.69, 9.17) is 4.18 Å². The molecule has 0 aliphatic carbocycles. The molecule has 0 fully saturated rings. The summed E-state index contributed by atoms with van der Waals surface area (Å²) in [5.74, 6) is -3.40. The van der Waals surface area contributed by atoms with Gasteiger partial charge in [0.1, 0.15) is 5.82 Å². The number of hydrogen-bond donors (Lipinski definition) is 3. The molecule has 208 valence electrons. The third-order valence-corrected chi connectivity index (χ3v) is 6.58. The van der Waals surface area contributed by atoms with E-state index in [-0.39, 0.29) is 12.1 Å². The molecule has 0 aliphatic heterocycles. The van der Waals surface area contributed by atoms with Crippen molar-refractivity contribution >= 4 is 38.1 Å². The van der Waals surface area contributed by atoms with Crippen LogP contribution in [0.15, 0.2) is 60.7 Å². The molecule has 2 aromatic carbocycles. The molecule has 0 spiro atoms. The molecule has 14 heteroatoms. The lowest BCUT2D eigenvalue weighted by molar-refractivity contribution is -0.130. The zero-order valence-electron chi connectivity index (χ0n) is 20.8. The molecule has 4 N–H and O–H groups in total. The lowest BCUT2D eigenvalue weighted by Gasteiger charge is -2.35. The van der Waals surface area contributed by atoms with Crippen molar-refractivity contribution in [1.29, 1.82) is 0 Å². The van der Waals surface area contributed by atoms with Gasteiger partial charge in [0.2, 0.25) is 0 Å². The summed E-state index contributed by atoms with van der Waals surface area (Å²) < 4.78 is 72.6. The highest BCUT2D eigenvalue weighted by Crippen LogP contribution is 2.22. The zero-order chi connectivity index (χ0) is 28.4. The SMILES string of the molecule is CCCC(CCC)(NCc1ccc(F)cc1)NS(=O)(=O)OC(=O)/C(=C\C(=O)OS(N)(=O)=O)c1ccccc1. The topological polar surface area (TPSA) is 171 Å². The van der Waals surface area contributed by atoms with Crippen LogP contribution in [0.4, 0.5) is 4.39 Å². The third-order valence-electron chi connectivity index (χ3n) is 5.17. The van der Waals surface area contributed by atoms with E-state index in [1.165, 1.54) is 36.4 Å². The Kier molecular flexibility index (Phi) is 11.1. The number of benzene rings is 2. The Balaban J connectivity index is 2.33. The van der Waals surface area contributed by atoms with Gasteiger partial charge in [0.25, 0.3) is 0 Å². The molecular weight excluding hydrogens is 541 g/mol.